The van der Waals surface area contributed by atoms with Crippen LogP contribution in [0.1, 0.15) is 24.6 Å². The van der Waals surface area contributed by atoms with Gasteiger partial charge in [-0.2, -0.15) is 18.3 Å². The molecule has 1 aromatic rings. The van der Waals surface area contributed by atoms with E-state index in [1.807, 2.05) is 0 Å². The first kappa shape index (κ1) is 18.7. The quantitative estimate of drug-likeness (QED) is 0.917. The summed E-state index contributed by atoms with van der Waals surface area (Å²) in [5.74, 6) is -0.299. The van der Waals surface area contributed by atoms with Gasteiger partial charge in [0.15, 0.2) is 5.69 Å². The van der Waals surface area contributed by atoms with Crippen molar-refractivity contribution < 1.29 is 18.0 Å². The van der Waals surface area contributed by atoms with Gasteiger partial charge in [0.25, 0.3) is 0 Å². The standard InChI is InChI=1S/C11H17F3N4O.ClH/c1-7(15)4-9(19)17(2)5-8-6-18(3)16-10(8)11(12,13)14;/h6-7H,4-5,15H2,1-3H3;1H. The van der Waals surface area contributed by atoms with Crippen molar-refractivity contribution in [3.63, 3.8) is 0 Å². The number of nitrogens with two attached hydrogens (primary N) is 1. The Morgan fingerprint density at radius 2 is 2.10 bits per heavy atom. The van der Waals surface area contributed by atoms with Gasteiger partial charge in [0.1, 0.15) is 0 Å². The molecule has 1 aromatic heterocycles. The molecule has 0 radical (unpaired) electrons. The maximum Gasteiger partial charge on any atom is 0.435 e. The number of aryl methyl sites for hydroxylation is 1. The van der Waals surface area contributed by atoms with Crippen LogP contribution in [0.25, 0.3) is 0 Å². The summed E-state index contributed by atoms with van der Waals surface area (Å²) in [5.41, 5.74) is 4.49. The van der Waals surface area contributed by atoms with Gasteiger partial charge in [0.2, 0.25) is 5.91 Å². The Morgan fingerprint density at radius 1 is 1.55 bits per heavy atom. The summed E-state index contributed by atoms with van der Waals surface area (Å²) in [6.07, 6.45) is -3.17. The van der Waals surface area contributed by atoms with Crippen molar-refractivity contribution in [2.75, 3.05) is 7.05 Å². The smallest absolute Gasteiger partial charge is 0.341 e. The lowest BCUT2D eigenvalue weighted by molar-refractivity contribution is -0.143. The van der Waals surface area contributed by atoms with Gasteiger partial charge >= 0.3 is 6.18 Å². The lowest BCUT2D eigenvalue weighted by Gasteiger charge is -2.18. The Labute approximate surface area is 121 Å². The van der Waals surface area contributed by atoms with E-state index < -0.39 is 11.9 Å². The zero-order chi connectivity index (χ0) is 14.8. The van der Waals surface area contributed by atoms with Crippen molar-refractivity contribution >= 4 is 18.3 Å². The van der Waals surface area contributed by atoms with E-state index in [0.717, 1.165) is 4.68 Å². The largest absolute Gasteiger partial charge is 0.435 e. The zero-order valence-electron chi connectivity index (χ0n) is 11.4. The highest BCUT2D eigenvalue weighted by Gasteiger charge is 2.37. The second-order valence-corrected chi connectivity index (χ2v) is 4.61. The summed E-state index contributed by atoms with van der Waals surface area (Å²) in [7, 11) is 2.85. The van der Waals surface area contributed by atoms with Crippen LogP contribution in [0.15, 0.2) is 6.20 Å². The minimum atomic E-state index is -4.53. The Morgan fingerprint density at radius 3 is 2.55 bits per heavy atom. The highest BCUT2D eigenvalue weighted by molar-refractivity contribution is 5.85. The molecule has 2 N–H and O–H groups in total. The molecule has 0 spiro atoms. The molecule has 1 atom stereocenters. The molecule has 0 aliphatic carbocycles. The number of carbonyl (C=O) groups excluding carboxylic acids is 1. The minimum Gasteiger partial charge on any atom is -0.341 e. The van der Waals surface area contributed by atoms with Crippen LogP contribution in [0.3, 0.4) is 0 Å². The third-order valence-electron chi connectivity index (χ3n) is 2.50. The molecule has 0 bridgehead atoms. The second-order valence-electron chi connectivity index (χ2n) is 4.61. The molecule has 0 fully saturated rings. The first-order chi connectivity index (χ1) is 8.61. The van der Waals surface area contributed by atoms with E-state index in [9.17, 15) is 18.0 Å². The number of hydrogen-bond donors (Lipinski definition) is 1. The molecule has 0 aliphatic heterocycles. The van der Waals surface area contributed by atoms with Crippen molar-refractivity contribution in [2.45, 2.75) is 32.1 Å². The molecule has 1 rings (SSSR count). The molecule has 0 saturated carbocycles. The Hall–Kier alpha value is -1.28. The van der Waals surface area contributed by atoms with E-state index in [-0.39, 0.29) is 42.9 Å². The Kier molecular flexibility index (Phi) is 6.49. The third kappa shape index (κ3) is 5.01. The van der Waals surface area contributed by atoms with Crippen LogP contribution >= 0.6 is 12.4 Å². The fourth-order valence-corrected chi connectivity index (χ4v) is 1.67. The van der Waals surface area contributed by atoms with Crippen molar-refractivity contribution in [1.82, 2.24) is 14.7 Å². The monoisotopic (exact) mass is 314 g/mol. The molecule has 116 valence electrons. The summed E-state index contributed by atoms with van der Waals surface area (Å²) >= 11 is 0. The zero-order valence-corrected chi connectivity index (χ0v) is 12.3. The first-order valence-corrected chi connectivity index (χ1v) is 5.70. The molecular weight excluding hydrogens is 297 g/mol. The van der Waals surface area contributed by atoms with Gasteiger partial charge in [-0.3, -0.25) is 9.48 Å². The summed E-state index contributed by atoms with van der Waals surface area (Å²) in [6.45, 7) is 1.52. The summed E-state index contributed by atoms with van der Waals surface area (Å²) in [4.78, 5) is 12.9. The second kappa shape index (κ2) is 6.94. The molecule has 1 heterocycles. The van der Waals surface area contributed by atoms with Crippen molar-refractivity contribution in [2.24, 2.45) is 12.8 Å². The molecule has 9 heteroatoms. The SMILES string of the molecule is CC(N)CC(=O)N(C)Cc1cn(C)nc1C(F)(F)F.Cl. The number of halogens is 4. The van der Waals surface area contributed by atoms with E-state index in [4.69, 9.17) is 5.73 Å². The van der Waals surface area contributed by atoms with Crippen molar-refractivity contribution in [1.29, 1.82) is 0 Å². The fraction of sp³-hybridized carbons (Fsp3) is 0.636. The Balaban J connectivity index is 0.00000361. The predicted octanol–water partition coefficient (Wildman–Crippen LogP) is 1.56. The molecule has 5 nitrogen and oxygen atoms in total. The first-order valence-electron chi connectivity index (χ1n) is 5.70. The molecule has 1 unspecified atom stereocenters. The van der Waals surface area contributed by atoms with Gasteiger partial charge < -0.3 is 10.6 Å². The lowest BCUT2D eigenvalue weighted by Crippen LogP contribution is -2.32. The normalized spacial score (nSPS) is 12.8. The summed E-state index contributed by atoms with van der Waals surface area (Å²) in [5, 5.41) is 3.38. The molecule has 0 aliphatic rings. The number of rotatable bonds is 4. The van der Waals surface area contributed by atoms with Crippen molar-refractivity contribution in [3.05, 3.63) is 17.5 Å². The van der Waals surface area contributed by atoms with Crippen LogP contribution in [0.5, 0.6) is 0 Å². The van der Waals surface area contributed by atoms with Crippen LogP contribution in [0.4, 0.5) is 13.2 Å². The summed E-state index contributed by atoms with van der Waals surface area (Å²) in [6, 6.07) is -0.328. The van der Waals surface area contributed by atoms with Crippen LogP contribution < -0.4 is 5.73 Å². The van der Waals surface area contributed by atoms with E-state index in [2.05, 4.69) is 5.10 Å². The minimum absolute atomic E-state index is 0. The average molecular weight is 315 g/mol. The number of amides is 1. The van der Waals surface area contributed by atoms with Gasteiger partial charge in [-0.05, 0) is 6.92 Å². The van der Waals surface area contributed by atoms with E-state index >= 15 is 0 Å². The van der Waals surface area contributed by atoms with Gasteiger partial charge in [0, 0.05) is 44.9 Å². The van der Waals surface area contributed by atoms with E-state index in [1.54, 1.807) is 6.92 Å². The highest BCUT2D eigenvalue weighted by Crippen LogP contribution is 2.31. The molecule has 0 saturated heterocycles. The fourth-order valence-electron chi connectivity index (χ4n) is 1.67. The van der Waals surface area contributed by atoms with E-state index in [0.29, 0.717) is 0 Å². The van der Waals surface area contributed by atoms with Crippen LogP contribution in [0, 0.1) is 0 Å². The number of alkyl halides is 3. The Bertz CT molecular complexity index is 459. The molecule has 20 heavy (non-hydrogen) atoms. The van der Waals surface area contributed by atoms with E-state index in [1.165, 1.54) is 25.2 Å². The van der Waals surface area contributed by atoms with Gasteiger partial charge in [-0.15, -0.1) is 12.4 Å². The van der Waals surface area contributed by atoms with Crippen LogP contribution in [0.2, 0.25) is 0 Å². The number of carbonyl (C=O) groups is 1. The topological polar surface area (TPSA) is 64.2 Å². The van der Waals surface area contributed by atoms with Crippen LogP contribution in [-0.2, 0) is 24.6 Å². The number of aromatic nitrogens is 2. The third-order valence-corrected chi connectivity index (χ3v) is 2.50. The van der Waals surface area contributed by atoms with Gasteiger partial charge in [-0.25, -0.2) is 0 Å². The highest BCUT2D eigenvalue weighted by atomic mass is 35.5. The molecule has 0 aromatic carbocycles. The van der Waals surface area contributed by atoms with Gasteiger partial charge in [0.05, 0.1) is 0 Å². The summed E-state index contributed by atoms with van der Waals surface area (Å²) < 4.78 is 39.3. The predicted molar refractivity (Wildman–Crippen MR) is 70.2 cm³/mol. The lowest BCUT2D eigenvalue weighted by atomic mass is 10.2. The van der Waals surface area contributed by atoms with Gasteiger partial charge in [-0.1, -0.05) is 0 Å². The molecule has 1 amide bonds. The van der Waals surface area contributed by atoms with Crippen molar-refractivity contribution in [3.8, 4) is 0 Å². The number of nitrogens with zero attached hydrogens (tertiary/aromatic N) is 3. The number of hydrogen-bond acceptors (Lipinski definition) is 3. The van der Waals surface area contributed by atoms with Crippen LogP contribution in [-0.4, -0.2) is 33.7 Å². The maximum atomic E-state index is 12.7. The maximum absolute atomic E-state index is 12.7. The molecular formula is C11H18ClF3N4O. The average Bonchev–Trinajstić information content (AvgIpc) is 2.57.